The van der Waals surface area contributed by atoms with Crippen LogP contribution in [0.25, 0.3) is 0 Å². The molecule has 1 fully saturated rings. The molecule has 2 aromatic carbocycles. The van der Waals surface area contributed by atoms with Gasteiger partial charge in [-0.1, -0.05) is 17.7 Å². The Labute approximate surface area is 165 Å². The van der Waals surface area contributed by atoms with Crippen LogP contribution in [-0.2, 0) is 9.53 Å². The average molecular weight is 438 g/mol. The summed E-state index contributed by atoms with van der Waals surface area (Å²) in [5, 5.41) is 0.648. The van der Waals surface area contributed by atoms with E-state index in [1.165, 1.54) is 0 Å². The molecule has 2 aromatic rings. The molecule has 0 unspecified atom stereocenters. The quantitative estimate of drug-likeness (QED) is 0.662. The van der Waals surface area contributed by atoms with E-state index in [1.807, 2.05) is 36.4 Å². The Bertz CT molecular complexity index is 807. The molecular weight excluding hydrogens is 420 g/mol. The number of rotatable bonds is 5. The number of benzene rings is 2. The van der Waals surface area contributed by atoms with Crippen LogP contribution in [-0.4, -0.2) is 49.9 Å². The van der Waals surface area contributed by atoms with Gasteiger partial charge in [-0.2, -0.15) is 0 Å². The molecule has 1 aliphatic rings. The first kappa shape index (κ1) is 18.9. The van der Waals surface area contributed by atoms with E-state index in [9.17, 15) is 4.79 Å². The molecule has 5 nitrogen and oxygen atoms in total. The Morgan fingerprint density at radius 3 is 2.81 bits per heavy atom. The molecule has 136 valence electrons. The summed E-state index contributed by atoms with van der Waals surface area (Å²) in [4.78, 5) is 18.3. The molecule has 26 heavy (non-hydrogen) atoms. The minimum atomic E-state index is -0.0354. The molecule has 0 saturated carbocycles. The van der Waals surface area contributed by atoms with E-state index < -0.39 is 0 Å². The van der Waals surface area contributed by atoms with Crippen molar-refractivity contribution in [2.75, 3.05) is 32.9 Å². The number of halogens is 2. The Hall–Kier alpha value is -1.89. The van der Waals surface area contributed by atoms with Gasteiger partial charge in [0.25, 0.3) is 5.91 Å². The van der Waals surface area contributed by atoms with Crippen molar-refractivity contribution in [3.63, 3.8) is 0 Å². The van der Waals surface area contributed by atoms with Crippen LogP contribution in [0.5, 0.6) is 5.75 Å². The lowest BCUT2D eigenvalue weighted by Crippen LogP contribution is -2.43. The van der Waals surface area contributed by atoms with Gasteiger partial charge in [0, 0.05) is 24.3 Å². The number of amides is 1. The fourth-order valence-electron chi connectivity index (χ4n) is 2.46. The maximum absolute atomic E-state index is 12.1. The van der Waals surface area contributed by atoms with Crippen LogP contribution in [0.3, 0.4) is 0 Å². The standard InChI is InChI=1S/C19H18BrClN2O3/c20-17-10-14(12-22-16-3-1-2-15(21)11-16)4-5-18(17)26-13-19(24)23-6-8-25-9-7-23/h1-5,10-12H,6-9,13H2. The van der Waals surface area contributed by atoms with Gasteiger partial charge in [0.15, 0.2) is 6.61 Å². The second-order valence-electron chi connectivity index (χ2n) is 5.71. The van der Waals surface area contributed by atoms with E-state index in [0.29, 0.717) is 37.1 Å². The number of carbonyl (C=O) groups is 1. The third kappa shape index (κ3) is 5.30. The van der Waals surface area contributed by atoms with Crippen molar-refractivity contribution >= 4 is 45.3 Å². The fourth-order valence-corrected chi connectivity index (χ4v) is 3.16. The predicted molar refractivity (Wildman–Crippen MR) is 106 cm³/mol. The maximum Gasteiger partial charge on any atom is 0.260 e. The molecule has 1 amide bonds. The molecular formula is C19H18BrClN2O3. The summed E-state index contributed by atoms with van der Waals surface area (Å²) in [6.07, 6.45) is 1.75. The third-order valence-electron chi connectivity index (χ3n) is 3.84. The third-order valence-corrected chi connectivity index (χ3v) is 4.70. The number of nitrogens with zero attached hydrogens (tertiary/aromatic N) is 2. The van der Waals surface area contributed by atoms with Gasteiger partial charge in [0.05, 0.1) is 23.4 Å². The minimum Gasteiger partial charge on any atom is -0.483 e. The summed E-state index contributed by atoms with van der Waals surface area (Å²) in [5.41, 5.74) is 1.69. The van der Waals surface area contributed by atoms with Gasteiger partial charge in [-0.15, -0.1) is 0 Å². The van der Waals surface area contributed by atoms with Crippen molar-refractivity contribution in [1.82, 2.24) is 4.90 Å². The Kier molecular flexibility index (Phi) is 6.66. The molecule has 1 saturated heterocycles. The zero-order valence-electron chi connectivity index (χ0n) is 14.0. The molecule has 0 bridgehead atoms. The largest absolute Gasteiger partial charge is 0.483 e. The van der Waals surface area contributed by atoms with Crippen molar-refractivity contribution in [2.24, 2.45) is 4.99 Å². The summed E-state index contributed by atoms with van der Waals surface area (Å²) >= 11 is 9.43. The van der Waals surface area contributed by atoms with Crippen molar-refractivity contribution in [2.45, 2.75) is 0 Å². The van der Waals surface area contributed by atoms with Crippen molar-refractivity contribution in [3.8, 4) is 5.75 Å². The number of morpholine rings is 1. The normalized spacial score (nSPS) is 14.6. The maximum atomic E-state index is 12.1. The Morgan fingerprint density at radius 2 is 2.08 bits per heavy atom. The summed E-state index contributed by atoms with van der Waals surface area (Å²) in [6, 6.07) is 12.9. The zero-order valence-corrected chi connectivity index (χ0v) is 16.4. The summed E-state index contributed by atoms with van der Waals surface area (Å²) in [7, 11) is 0. The molecule has 0 aromatic heterocycles. The lowest BCUT2D eigenvalue weighted by atomic mass is 10.2. The highest BCUT2D eigenvalue weighted by Crippen LogP contribution is 2.26. The number of aliphatic imine (C=N–C) groups is 1. The van der Waals surface area contributed by atoms with Crippen LogP contribution in [0.15, 0.2) is 51.9 Å². The smallest absolute Gasteiger partial charge is 0.260 e. The number of carbonyl (C=O) groups excluding carboxylic acids is 1. The summed E-state index contributed by atoms with van der Waals surface area (Å²) < 4.78 is 11.7. The molecule has 0 aliphatic carbocycles. The van der Waals surface area contributed by atoms with Gasteiger partial charge in [0.1, 0.15) is 5.75 Å². The van der Waals surface area contributed by atoms with Gasteiger partial charge in [-0.3, -0.25) is 9.79 Å². The van der Waals surface area contributed by atoms with Gasteiger partial charge in [0.2, 0.25) is 0 Å². The first-order chi connectivity index (χ1) is 12.6. The van der Waals surface area contributed by atoms with Gasteiger partial charge < -0.3 is 14.4 Å². The predicted octanol–water partition coefficient (Wildman–Crippen LogP) is 4.09. The number of hydrogen-bond donors (Lipinski definition) is 0. The lowest BCUT2D eigenvalue weighted by Gasteiger charge is -2.26. The molecule has 0 N–H and O–H groups in total. The van der Waals surface area contributed by atoms with Gasteiger partial charge in [-0.05, 0) is 57.9 Å². The van der Waals surface area contributed by atoms with Crippen molar-refractivity contribution in [3.05, 3.63) is 57.5 Å². The first-order valence-corrected chi connectivity index (χ1v) is 9.36. The van der Waals surface area contributed by atoms with Crippen molar-refractivity contribution < 1.29 is 14.3 Å². The first-order valence-electron chi connectivity index (χ1n) is 8.19. The molecule has 1 heterocycles. The lowest BCUT2D eigenvalue weighted by molar-refractivity contribution is -0.137. The molecule has 1 aliphatic heterocycles. The van der Waals surface area contributed by atoms with E-state index in [4.69, 9.17) is 21.1 Å². The highest BCUT2D eigenvalue weighted by Gasteiger charge is 2.17. The van der Waals surface area contributed by atoms with E-state index in [0.717, 1.165) is 15.7 Å². The molecule has 7 heteroatoms. The van der Waals surface area contributed by atoms with Crippen LogP contribution in [0.4, 0.5) is 5.69 Å². The van der Waals surface area contributed by atoms with Crippen LogP contribution in [0.1, 0.15) is 5.56 Å². The van der Waals surface area contributed by atoms with E-state index in [1.54, 1.807) is 17.2 Å². The van der Waals surface area contributed by atoms with E-state index >= 15 is 0 Å². The van der Waals surface area contributed by atoms with E-state index in [-0.39, 0.29) is 12.5 Å². The highest BCUT2D eigenvalue weighted by atomic mass is 79.9. The second-order valence-corrected chi connectivity index (χ2v) is 7.00. The van der Waals surface area contributed by atoms with Crippen LogP contribution in [0.2, 0.25) is 5.02 Å². The fraction of sp³-hybridized carbons (Fsp3) is 0.263. The van der Waals surface area contributed by atoms with Crippen molar-refractivity contribution in [1.29, 1.82) is 0 Å². The second kappa shape index (κ2) is 9.16. The highest BCUT2D eigenvalue weighted by molar-refractivity contribution is 9.10. The molecule has 0 atom stereocenters. The van der Waals surface area contributed by atoms with E-state index in [2.05, 4.69) is 20.9 Å². The number of ether oxygens (including phenoxy) is 2. The molecule has 0 spiro atoms. The topological polar surface area (TPSA) is 51.1 Å². The summed E-state index contributed by atoms with van der Waals surface area (Å²) in [5.74, 6) is 0.582. The summed E-state index contributed by atoms with van der Waals surface area (Å²) in [6.45, 7) is 2.39. The van der Waals surface area contributed by atoms with Gasteiger partial charge in [-0.25, -0.2) is 0 Å². The molecule has 3 rings (SSSR count). The van der Waals surface area contributed by atoms with Crippen LogP contribution in [0, 0.1) is 0 Å². The SMILES string of the molecule is O=C(COc1ccc(C=Nc2cccc(Cl)c2)cc1Br)N1CCOCC1. The monoisotopic (exact) mass is 436 g/mol. The Morgan fingerprint density at radius 1 is 1.27 bits per heavy atom. The number of hydrogen-bond acceptors (Lipinski definition) is 4. The van der Waals surface area contributed by atoms with Crippen LogP contribution < -0.4 is 4.74 Å². The molecule has 0 radical (unpaired) electrons. The van der Waals surface area contributed by atoms with Gasteiger partial charge >= 0.3 is 0 Å². The minimum absolute atomic E-state index is 0.00848. The Balaban J connectivity index is 1.59. The average Bonchev–Trinajstić information content (AvgIpc) is 2.66. The van der Waals surface area contributed by atoms with Crippen LogP contribution >= 0.6 is 27.5 Å². The zero-order chi connectivity index (χ0) is 18.4.